The summed E-state index contributed by atoms with van der Waals surface area (Å²) in [6, 6.07) is -0.0432. The Balaban J connectivity index is 2.62. The zero-order valence-corrected chi connectivity index (χ0v) is 6.34. The summed E-state index contributed by atoms with van der Waals surface area (Å²) >= 11 is 0. The van der Waals surface area contributed by atoms with E-state index in [9.17, 15) is 8.42 Å². The van der Waals surface area contributed by atoms with Gasteiger partial charge in [-0.25, -0.2) is 5.14 Å². The second-order valence-corrected chi connectivity index (χ2v) is 4.00. The van der Waals surface area contributed by atoms with Gasteiger partial charge in [-0.05, 0) is 6.42 Å². The molecule has 1 fully saturated rings. The summed E-state index contributed by atoms with van der Waals surface area (Å²) < 4.78 is 22.4. The number of rotatable bonds is 1. The second-order valence-electron chi connectivity index (χ2n) is 2.45. The van der Waals surface area contributed by atoms with Gasteiger partial charge >= 0.3 is 0 Å². The number of nitrogens with zero attached hydrogens (tertiary/aromatic N) is 1. The van der Waals surface area contributed by atoms with Crippen molar-refractivity contribution in [2.45, 2.75) is 12.5 Å². The van der Waals surface area contributed by atoms with E-state index in [1.807, 2.05) is 0 Å². The largest absolute Gasteiger partial charge is 0.326 e. The molecule has 5 nitrogen and oxygen atoms in total. The molecule has 1 heterocycles. The van der Waals surface area contributed by atoms with Crippen molar-refractivity contribution in [2.75, 3.05) is 13.1 Å². The first-order chi connectivity index (χ1) is 4.50. The van der Waals surface area contributed by atoms with Crippen LogP contribution in [0.15, 0.2) is 0 Å². The molecule has 10 heavy (non-hydrogen) atoms. The Bertz CT molecular complexity index is 213. The minimum absolute atomic E-state index is 0.0432. The van der Waals surface area contributed by atoms with E-state index in [0.29, 0.717) is 19.5 Å². The first-order valence-corrected chi connectivity index (χ1v) is 4.54. The van der Waals surface area contributed by atoms with E-state index < -0.39 is 10.2 Å². The van der Waals surface area contributed by atoms with Crippen molar-refractivity contribution in [1.82, 2.24) is 4.31 Å². The van der Waals surface area contributed by atoms with Gasteiger partial charge in [-0.2, -0.15) is 12.7 Å². The summed E-state index contributed by atoms with van der Waals surface area (Å²) in [6.45, 7) is 0.818. The first-order valence-electron chi connectivity index (χ1n) is 3.03. The predicted octanol–water partition coefficient (Wildman–Crippen LogP) is -1.78. The molecule has 0 aromatic heterocycles. The third-order valence-electron chi connectivity index (χ3n) is 1.55. The molecule has 0 spiro atoms. The Morgan fingerprint density at radius 3 is 2.30 bits per heavy atom. The normalized spacial score (nSPS) is 29.2. The molecule has 4 N–H and O–H groups in total. The monoisotopic (exact) mass is 165 g/mol. The average molecular weight is 165 g/mol. The van der Waals surface area contributed by atoms with Gasteiger partial charge in [0, 0.05) is 19.1 Å². The third kappa shape index (κ3) is 1.66. The maximum atomic E-state index is 10.6. The van der Waals surface area contributed by atoms with Crippen molar-refractivity contribution in [3.8, 4) is 0 Å². The van der Waals surface area contributed by atoms with Crippen LogP contribution >= 0.6 is 0 Å². The predicted molar refractivity (Wildman–Crippen MR) is 37.3 cm³/mol. The Hall–Kier alpha value is -0.170. The lowest BCUT2D eigenvalue weighted by Crippen LogP contribution is -2.36. The highest BCUT2D eigenvalue weighted by molar-refractivity contribution is 7.86. The van der Waals surface area contributed by atoms with Crippen LogP contribution < -0.4 is 10.9 Å². The molecular formula is C4H11N3O2S. The van der Waals surface area contributed by atoms with Crippen LogP contribution in [0.25, 0.3) is 0 Å². The highest BCUT2D eigenvalue weighted by atomic mass is 32.2. The highest BCUT2D eigenvalue weighted by Crippen LogP contribution is 2.08. The minimum atomic E-state index is -3.48. The first kappa shape index (κ1) is 7.93. The summed E-state index contributed by atoms with van der Waals surface area (Å²) in [7, 11) is -3.48. The molecule has 1 rings (SSSR count). The molecule has 1 saturated heterocycles. The molecule has 1 unspecified atom stereocenters. The Morgan fingerprint density at radius 1 is 1.50 bits per heavy atom. The minimum Gasteiger partial charge on any atom is -0.326 e. The molecular weight excluding hydrogens is 154 g/mol. The summed E-state index contributed by atoms with van der Waals surface area (Å²) in [4.78, 5) is 0. The summed E-state index contributed by atoms with van der Waals surface area (Å²) in [6.07, 6.45) is 0.705. The van der Waals surface area contributed by atoms with E-state index in [1.54, 1.807) is 0 Å². The van der Waals surface area contributed by atoms with Gasteiger partial charge in [0.25, 0.3) is 10.2 Å². The van der Waals surface area contributed by atoms with E-state index in [1.165, 1.54) is 4.31 Å². The third-order valence-corrected chi connectivity index (χ3v) is 2.60. The second kappa shape index (κ2) is 2.46. The van der Waals surface area contributed by atoms with Gasteiger partial charge in [0.15, 0.2) is 0 Å². The zero-order valence-electron chi connectivity index (χ0n) is 5.53. The van der Waals surface area contributed by atoms with Crippen LogP contribution in [-0.4, -0.2) is 31.9 Å². The van der Waals surface area contributed by atoms with Gasteiger partial charge in [-0.1, -0.05) is 0 Å². The van der Waals surface area contributed by atoms with Crippen LogP contribution in [0.1, 0.15) is 6.42 Å². The SMILES string of the molecule is NC1CCN(S(N)(=O)=O)C1. The van der Waals surface area contributed by atoms with Gasteiger partial charge in [-0.3, -0.25) is 0 Å². The van der Waals surface area contributed by atoms with Gasteiger partial charge in [0.1, 0.15) is 0 Å². The molecule has 1 aliphatic rings. The lowest BCUT2D eigenvalue weighted by molar-refractivity contribution is 0.474. The molecule has 0 aliphatic carbocycles. The van der Waals surface area contributed by atoms with E-state index in [2.05, 4.69) is 0 Å². The molecule has 0 saturated carbocycles. The van der Waals surface area contributed by atoms with Crippen LogP contribution in [-0.2, 0) is 10.2 Å². The van der Waals surface area contributed by atoms with E-state index >= 15 is 0 Å². The van der Waals surface area contributed by atoms with E-state index in [-0.39, 0.29) is 6.04 Å². The van der Waals surface area contributed by atoms with Crippen LogP contribution in [0.3, 0.4) is 0 Å². The quantitative estimate of drug-likeness (QED) is 0.481. The van der Waals surface area contributed by atoms with Crippen LogP contribution in [0.2, 0.25) is 0 Å². The maximum Gasteiger partial charge on any atom is 0.276 e. The maximum absolute atomic E-state index is 10.6. The Morgan fingerprint density at radius 2 is 2.10 bits per heavy atom. The van der Waals surface area contributed by atoms with Gasteiger partial charge < -0.3 is 5.73 Å². The van der Waals surface area contributed by atoms with Crippen molar-refractivity contribution in [3.05, 3.63) is 0 Å². The zero-order chi connectivity index (χ0) is 7.78. The van der Waals surface area contributed by atoms with Crippen molar-refractivity contribution in [1.29, 1.82) is 0 Å². The smallest absolute Gasteiger partial charge is 0.276 e. The molecule has 0 bridgehead atoms. The number of hydrogen-bond acceptors (Lipinski definition) is 3. The molecule has 0 aromatic carbocycles. The van der Waals surface area contributed by atoms with Crippen molar-refractivity contribution in [2.24, 2.45) is 10.9 Å². The number of nitrogens with two attached hydrogens (primary N) is 2. The van der Waals surface area contributed by atoms with E-state index in [4.69, 9.17) is 10.9 Å². The number of hydrogen-bond donors (Lipinski definition) is 2. The van der Waals surface area contributed by atoms with Gasteiger partial charge in [0.2, 0.25) is 0 Å². The van der Waals surface area contributed by atoms with Crippen LogP contribution in [0, 0.1) is 0 Å². The van der Waals surface area contributed by atoms with Gasteiger partial charge in [0.05, 0.1) is 0 Å². The van der Waals surface area contributed by atoms with Crippen molar-refractivity contribution >= 4 is 10.2 Å². The fraction of sp³-hybridized carbons (Fsp3) is 1.00. The van der Waals surface area contributed by atoms with E-state index in [0.717, 1.165) is 0 Å². The fourth-order valence-corrected chi connectivity index (χ4v) is 1.74. The molecule has 0 radical (unpaired) electrons. The molecule has 0 aromatic rings. The Kier molecular flexibility index (Phi) is 1.95. The van der Waals surface area contributed by atoms with Crippen LogP contribution in [0.4, 0.5) is 0 Å². The average Bonchev–Trinajstić information content (AvgIpc) is 2.11. The topological polar surface area (TPSA) is 89.4 Å². The van der Waals surface area contributed by atoms with Crippen molar-refractivity contribution in [3.63, 3.8) is 0 Å². The standard InChI is InChI=1S/C4H11N3O2S/c5-4-1-2-7(3-4)10(6,8)9/h4H,1-3,5H2,(H2,6,8,9). The van der Waals surface area contributed by atoms with Crippen molar-refractivity contribution < 1.29 is 8.42 Å². The summed E-state index contributed by atoms with van der Waals surface area (Å²) in [5, 5.41) is 4.85. The fourth-order valence-electron chi connectivity index (χ4n) is 0.985. The Labute approximate surface area is 60.2 Å². The molecule has 0 amide bonds. The molecule has 1 aliphatic heterocycles. The lowest BCUT2D eigenvalue weighted by Gasteiger charge is -2.10. The lowest BCUT2D eigenvalue weighted by atomic mass is 10.3. The molecule has 60 valence electrons. The summed E-state index contributed by atoms with van der Waals surface area (Å²) in [5.74, 6) is 0. The molecule has 1 atom stereocenters. The summed E-state index contributed by atoms with van der Waals surface area (Å²) in [5.41, 5.74) is 5.46. The molecule has 6 heteroatoms. The van der Waals surface area contributed by atoms with Gasteiger partial charge in [-0.15, -0.1) is 0 Å². The van der Waals surface area contributed by atoms with Crippen LogP contribution in [0.5, 0.6) is 0 Å². The highest BCUT2D eigenvalue weighted by Gasteiger charge is 2.26.